The molecule has 0 radical (unpaired) electrons. The van der Waals surface area contributed by atoms with Gasteiger partial charge in [0.15, 0.2) is 0 Å². The summed E-state index contributed by atoms with van der Waals surface area (Å²) in [6.45, 7) is 2.46. The first-order valence-corrected chi connectivity index (χ1v) is 7.60. The maximum Gasteiger partial charge on any atom is 0.416 e. The molecule has 3 nitrogen and oxygen atoms in total. The summed E-state index contributed by atoms with van der Waals surface area (Å²) in [5, 5.41) is 12.0. The van der Waals surface area contributed by atoms with Crippen LogP contribution in [0.4, 0.5) is 13.2 Å². The summed E-state index contributed by atoms with van der Waals surface area (Å²) >= 11 is 0. The third-order valence-corrected chi connectivity index (χ3v) is 4.23. The van der Waals surface area contributed by atoms with E-state index in [1.807, 2.05) is 6.92 Å². The molecule has 1 aromatic carbocycles. The van der Waals surface area contributed by atoms with Gasteiger partial charge in [0.1, 0.15) is 0 Å². The number of halogens is 3. The van der Waals surface area contributed by atoms with Crippen LogP contribution < -0.4 is 5.32 Å². The molecule has 0 amide bonds. The highest BCUT2D eigenvalue weighted by molar-refractivity contribution is 7.85. The summed E-state index contributed by atoms with van der Waals surface area (Å²) in [7, 11) is -1.54. The van der Waals surface area contributed by atoms with Gasteiger partial charge in [0.25, 0.3) is 0 Å². The molecule has 2 N–H and O–H groups in total. The lowest BCUT2D eigenvalue weighted by molar-refractivity contribution is -0.137. The van der Waals surface area contributed by atoms with Crippen LogP contribution in [0.2, 0.25) is 0 Å². The Kier molecular flexibility index (Phi) is 6.64. The Hall–Kier alpha value is -0.920. The zero-order chi connectivity index (χ0) is 15.2. The predicted octanol–water partition coefficient (Wildman–Crippen LogP) is 2.17. The number of hydrogen-bond acceptors (Lipinski definition) is 3. The van der Waals surface area contributed by atoms with Gasteiger partial charge >= 0.3 is 6.18 Å². The zero-order valence-electron chi connectivity index (χ0n) is 11.1. The molecule has 0 aromatic heterocycles. The average Bonchev–Trinajstić information content (AvgIpc) is 2.38. The quantitative estimate of drug-likeness (QED) is 0.811. The van der Waals surface area contributed by atoms with Crippen LogP contribution in [-0.4, -0.2) is 34.3 Å². The smallest absolute Gasteiger partial charge is 0.396 e. The molecule has 2 unspecified atom stereocenters. The van der Waals surface area contributed by atoms with Gasteiger partial charge in [-0.25, -0.2) is 0 Å². The summed E-state index contributed by atoms with van der Waals surface area (Å²) in [6, 6.07) is 4.37. The van der Waals surface area contributed by atoms with E-state index in [0.29, 0.717) is 13.0 Å². The molecule has 0 aliphatic rings. The Labute approximate surface area is 118 Å². The molecule has 1 rings (SSSR count). The first-order valence-electron chi connectivity index (χ1n) is 6.28. The number of aliphatic hydroxyl groups is 1. The molecule has 0 saturated heterocycles. The molecular formula is C13H18F3NO2S. The fraction of sp³-hybridized carbons (Fsp3) is 0.538. The van der Waals surface area contributed by atoms with Crippen molar-refractivity contribution in [2.45, 2.75) is 30.5 Å². The van der Waals surface area contributed by atoms with Gasteiger partial charge in [-0.3, -0.25) is 4.21 Å². The van der Waals surface area contributed by atoms with Crippen molar-refractivity contribution in [2.24, 2.45) is 0 Å². The van der Waals surface area contributed by atoms with Gasteiger partial charge in [-0.05, 0) is 31.2 Å². The largest absolute Gasteiger partial charge is 0.416 e. The van der Waals surface area contributed by atoms with E-state index >= 15 is 0 Å². The van der Waals surface area contributed by atoms with E-state index in [1.165, 1.54) is 12.1 Å². The third-order valence-electron chi connectivity index (χ3n) is 2.75. The van der Waals surface area contributed by atoms with Crippen LogP contribution >= 0.6 is 0 Å². The van der Waals surface area contributed by atoms with Crippen molar-refractivity contribution in [2.75, 3.05) is 18.9 Å². The molecule has 0 saturated carbocycles. The molecule has 0 aliphatic heterocycles. The van der Waals surface area contributed by atoms with E-state index < -0.39 is 22.5 Å². The van der Waals surface area contributed by atoms with Gasteiger partial charge in [0, 0.05) is 23.3 Å². The number of nitrogens with one attached hydrogen (secondary N) is 1. The fourth-order valence-corrected chi connectivity index (χ4v) is 3.11. The number of alkyl halides is 3. The molecule has 0 heterocycles. The molecule has 1 aromatic rings. The lowest BCUT2D eigenvalue weighted by Gasteiger charge is -2.16. The van der Waals surface area contributed by atoms with Gasteiger partial charge in [-0.1, -0.05) is 13.0 Å². The van der Waals surface area contributed by atoms with Crippen LogP contribution in [0, 0.1) is 0 Å². The van der Waals surface area contributed by atoms with E-state index in [4.69, 9.17) is 5.11 Å². The summed E-state index contributed by atoms with van der Waals surface area (Å²) in [6.07, 6.45) is -4.02. The first-order chi connectivity index (χ1) is 9.38. The SMILES string of the molecule is CCNC(CCO)CS(=O)c1cccc(C(F)(F)F)c1. The molecule has 7 heteroatoms. The van der Waals surface area contributed by atoms with Crippen molar-refractivity contribution in [1.82, 2.24) is 5.32 Å². The van der Waals surface area contributed by atoms with Crippen molar-refractivity contribution < 1.29 is 22.5 Å². The van der Waals surface area contributed by atoms with E-state index in [-0.39, 0.29) is 23.3 Å². The Morgan fingerprint density at radius 1 is 1.40 bits per heavy atom. The van der Waals surface area contributed by atoms with Gasteiger partial charge in [0.2, 0.25) is 0 Å². The maximum atomic E-state index is 12.6. The maximum absolute atomic E-state index is 12.6. The van der Waals surface area contributed by atoms with Crippen molar-refractivity contribution >= 4 is 10.8 Å². The molecule has 0 fully saturated rings. The highest BCUT2D eigenvalue weighted by Crippen LogP contribution is 2.30. The highest BCUT2D eigenvalue weighted by Gasteiger charge is 2.30. The molecule has 2 atom stereocenters. The summed E-state index contributed by atoms with van der Waals surface area (Å²) in [5.41, 5.74) is -0.800. The monoisotopic (exact) mass is 309 g/mol. The van der Waals surface area contributed by atoms with Crippen molar-refractivity contribution in [3.05, 3.63) is 29.8 Å². The van der Waals surface area contributed by atoms with Gasteiger partial charge in [-0.2, -0.15) is 13.2 Å². The standard InChI is InChI=1S/C13H18F3NO2S/c1-2-17-11(6-7-18)9-20(19)12-5-3-4-10(8-12)13(14,15)16/h3-5,8,11,17-18H,2,6-7,9H2,1H3. The number of aliphatic hydroxyl groups excluding tert-OH is 1. The Morgan fingerprint density at radius 3 is 2.65 bits per heavy atom. The Balaban J connectivity index is 2.81. The summed E-state index contributed by atoms with van der Waals surface area (Å²) in [4.78, 5) is 0.153. The van der Waals surface area contributed by atoms with Crippen LogP contribution in [0.15, 0.2) is 29.2 Å². The number of hydrogen-bond donors (Lipinski definition) is 2. The molecule has 0 aliphatic carbocycles. The van der Waals surface area contributed by atoms with Crippen molar-refractivity contribution in [3.8, 4) is 0 Å². The average molecular weight is 309 g/mol. The summed E-state index contributed by atoms with van der Waals surface area (Å²) in [5.74, 6) is 0.176. The Morgan fingerprint density at radius 2 is 2.10 bits per heavy atom. The van der Waals surface area contributed by atoms with Gasteiger partial charge in [0.05, 0.1) is 16.4 Å². The third kappa shape index (κ3) is 5.22. The highest BCUT2D eigenvalue weighted by atomic mass is 32.2. The second kappa shape index (κ2) is 7.75. The van der Waals surface area contributed by atoms with Crippen molar-refractivity contribution in [3.63, 3.8) is 0 Å². The number of rotatable bonds is 7. The second-order valence-electron chi connectivity index (χ2n) is 4.30. The van der Waals surface area contributed by atoms with Crippen LogP contribution in [0.1, 0.15) is 18.9 Å². The molecule has 114 valence electrons. The zero-order valence-corrected chi connectivity index (χ0v) is 11.9. The predicted molar refractivity (Wildman–Crippen MR) is 71.9 cm³/mol. The van der Waals surface area contributed by atoms with E-state index in [0.717, 1.165) is 12.1 Å². The Bertz CT molecular complexity index is 445. The van der Waals surface area contributed by atoms with E-state index in [2.05, 4.69) is 5.32 Å². The van der Waals surface area contributed by atoms with Gasteiger partial charge < -0.3 is 10.4 Å². The van der Waals surface area contributed by atoms with Gasteiger partial charge in [-0.15, -0.1) is 0 Å². The molecule has 0 spiro atoms. The fourth-order valence-electron chi connectivity index (χ4n) is 1.78. The van der Waals surface area contributed by atoms with E-state index in [9.17, 15) is 17.4 Å². The minimum Gasteiger partial charge on any atom is -0.396 e. The first kappa shape index (κ1) is 17.1. The lowest BCUT2D eigenvalue weighted by atomic mass is 10.2. The molecule has 0 bridgehead atoms. The van der Waals surface area contributed by atoms with E-state index in [1.54, 1.807) is 0 Å². The van der Waals surface area contributed by atoms with Crippen LogP contribution in [-0.2, 0) is 17.0 Å². The van der Waals surface area contributed by atoms with Crippen LogP contribution in [0.25, 0.3) is 0 Å². The summed E-state index contributed by atoms with van der Waals surface area (Å²) < 4.78 is 49.9. The van der Waals surface area contributed by atoms with Crippen LogP contribution in [0.5, 0.6) is 0 Å². The topological polar surface area (TPSA) is 49.3 Å². The minimum atomic E-state index is -4.44. The number of benzene rings is 1. The van der Waals surface area contributed by atoms with Crippen molar-refractivity contribution in [1.29, 1.82) is 0 Å². The van der Waals surface area contributed by atoms with Crippen LogP contribution in [0.3, 0.4) is 0 Å². The molecule has 20 heavy (non-hydrogen) atoms. The minimum absolute atomic E-state index is 0.0581. The normalized spacial score (nSPS) is 15.1. The lowest BCUT2D eigenvalue weighted by Crippen LogP contribution is -2.34. The second-order valence-corrected chi connectivity index (χ2v) is 5.80. The molecular weight excluding hydrogens is 291 g/mol.